The molecule has 0 aromatic carbocycles. The lowest BCUT2D eigenvalue weighted by Crippen LogP contribution is -2.25. The molecule has 0 bridgehead atoms. The van der Waals surface area contributed by atoms with Crippen molar-refractivity contribution in [2.45, 2.75) is 45.7 Å². The van der Waals surface area contributed by atoms with Crippen LogP contribution in [0.25, 0.3) is 0 Å². The Morgan fingerprint density at radius 3 is 3.00 bits per heavy atom. The molecule has 2 aromatic rings. The fraction of sp³-hybridized carbons (Fsp3) is 0.500. The second-order valence-corrected chi connectivity index (χ2v) is 4.68. The second-order valence-electron chi connectivity index (χ2n) is 4.68. The smallest absolute Gasteiger partial charge is 0.103 e. The normalized spacial score (nSPS) is 12.8. The summed E-state index contributed by atoms with van der Waals surface area (Å²) in [6.07, 6.45) is 4.40. The van der Waals surface area contributed by atoms with Gasteiger partial charge in [0.25, 0.3) is 0 Å². The van der Waals surface area contributed by atoms with Gasteiger partial charge >= 0.3 is 0 Å². The highest BCUT2D eigenvalue weighted by Gasteiger charge is 2.10. The van der Waals surface area contributed by atoms with Crippen LogP contribution in [0, 0.1) is 6.92 Å². The molecule has 0 aliphatic carbocycles. The molecule has 0 saturated carbocycles. The molecule has 0 saturated heterocycles. The minimum atomic E-state index is 0.150. The van der Waals surface area contributed by atoms with Crippen LogP contribution in [0.15, 0.2) is 28.9 Å². The van der Waals surface area contributed by atoms with E-state index in [1.54, 1.807) is 6.26 Å². The molecule has 4 nitrogen and oxygen atoms in total. The molecule has 0 aliphatic heterocycles. The first-order chi connectivity index (χ1) is 8.69. The third-order valence-electron chi connectivity index (χ3n) is 3.10. The van der Waals surface area contributed by atoms with E-state index in [0.29, 0.717) is 0 Å². The number of nitrogens with zero attached hydrogens (tertiary/aromatic N) is 2. The van der Waals surface area contributed by atoms with E-state index in [2.05, 4.69) is 18.1 Å². The number of aromatic nitrogens is 2. The number of nitrogens with two attached hydrogens (primary N) is 1. The fourth-order valence-corrected chi connectivity index (χ4v) is 2.19. The van der Waals surface area contributed by atoms with Crippen LogP contribution >= 0.6 is 0 Å². The van der Waals surface area contributed by atoms with Crippen molar-refractivity contribution >= 4 is 0 Å². The molecule has 0 aliphatic rings. The first-order valence-corrected chi connectivity index (χ1v) is 6.50. The predicted molar refractivity (Wildman–Crippen MR) is 71.3 cm³/mol. The largest absolute Gasteiger partial charge is 0.469 e. The molecule has 4 heteroatoms. The summed E-state index contributed by atoms with van der Waals surface area (Å²) < 4.78 is 7.34. The van der Waals surface area contributed by atoms with Crippen molar-refractivity contribution in [3.05, 3.63) is 41.6 Å². The molecule has 2 N–H and O–H groups in total. The van der Waals surface area contributed by atoms with Crippen LogP contribution in [0.4, 0.5) is 0 Å². The molecule has 1 unspecified atom stereocenters. The van der Waals surface area contributed by atoms with Crippen molar-refractivity contribution in [3.8, 4) is 0 Å². The molecule has 18 heavy (non-hydrogen) atoms. The van der Waals surface area contributed by atoms with Crippen LogP contribution in [0.5, 0.6) is 0 Å². The van der Waals surface area contributed by atoms with Crippen LogP contribution < -0.4 is 5.73 Å². The van der Waals surface area contributed by atoms with Crippen molar-refractivity contribution in [2.24, 2.45) is 5.73 Å². The van der Waals surface area contributed by atoms with E-state index in [0.717, 1.165) is 37.3 Å². The van der Waals surface area contributed by atoms with Crippen LogP contribution in [0.2, 0.25) is 0 Å². The minimum Gasteiger partial charge on any atom is -0.469 e. The number of aryl methyl sites for hydroxylation is 3. The first-order valence-electron chi connectivity index (χ1n) is 6.50. The molecule has 98 valence electrons. The molecule has 0 radical (unpaired) electrons. The summed E-state index contributed by atoms with van der Waals surface area (Å²) in [6, 6.07) is 6.18. The Morgan fingerprint density at radius 2 is 2.33 bits per heavy atom. The van der Waals surface area contributed by atoms with Gasteiger partial charge in [0.15, 0.2) is 0 Å². The summed E-state index contributed by atoms with van der Waals surface area (Å²) >= 11 is 0. The maximum Gasteiger partial charge on any atom is 0.103 e. The number of hydrogen-bond acceptors (Lipinski definition) is 3. The summed E-state index contributed by atoms with van der Waals surface area (Å²) in [5.74, 6) is 1.01. The van der Waals surface area contributed by atoms with Gasteiger partial charge in [-0.2, -0.15) is 5.10 Å². The lowest BCUT2D eigenvalue weighted by molar-refractivity contribution is 0.478. The monoisotopic (exact) mass is 247 g/mol. The van der Waals surface area contributed by atoms with Gasteiger partial charge in [0.05, 0.1) is 12.0 Å². The Bertz CT molecular complexity index is 473. The molecule has 2 heterocycles. The van der Waals surface area contributed by atoms with E-state index in [-0.39, 0.29) is 6.04 Å². The van der Waals surface area contributed by atoms with Gasteiger partial charge < -0.3 is 10.2 Å². The number of rotatable bonds is 6. The van der Waals surface area contributed by atoms with Gasteiger partial charge in [-0.1, -0.05) is 0 Å². The van der Waals surface area contributed by atoms with E-state index in [4.69, 9.17) is 10.2 Å². The summed E-state index contributed by atoms with van der Waals surface area (Å²) in [6.45, 7) is 5.02. The Kier molecular flexibility index (Phi) is 4.20. The molecule has 2 aromatic heterocycles. The number of furan rings is 1. The highest BCUT2D eigenvalue weighted by molar-refractivity contribution is 5.10. The standard InChI is InChI=1S/C14H21N3O/c1-3-17-13(9-11(2)16-17)10-12(15)6-7-14-5-4-8-18-14/h4-5,8-9,12H,3,6-7,10,15H2,1-2H3. The predicted octanol–water partition coefficient (Wildman–Crippen LogP) is 2.31. The van der Waals surface area contributed by atoms with Crippen molar-refractivity contribution in [3.63, 3.8) is 0 Å². The van der Waals surface area contributed by atoms with Gasteiger partial charge in [-0.05, 0) is 38.5 Å². The van der Waals surface area contributed by atoms with E-state index >= 15 is 0 Å². The molecule has 0 amide bonds. The average molecular weight is 247 g/mol. The third kappa shape index (κ3) is 3.23. The van der Waals surface area contributed by atoms with Crippen molar-refractivity contribution < 1.29 is 4.42 Å². The Balaban J connectivity index is 1.88. The van der Waals surface area contributed by atoms with Crippen molar-refractivity contribution in [1.29, 1.82) is 0 Å². The molecule has 2 rings (SSSR count). The molecular formula is C14H21N3O. The molecule has 1 atom stereocenters. The quantitative estimate of drug-likeness (QED) is 0.852. The van der Waals surface area contributed by atoms with Gasteiger partial charge in [-0.3, -0.25) is 4.68 Å². The summed E-state index contributed by atoms with van der Waals surface area (Å²) in [5, 5.41) is 4.43. The van der Waals surface area contributed by atoms with Crippen LogP contribution in [-0.2, 0) is 19.4 Å². The first kappa shape index (κ1) is 12.9. The topological polar surface area (TPSA) is 57.0 Å². The SMILES string of the molecule is CCn1nc(C)cc1CC(N)CCc1ccco1. The summed E-state index contributed by atoms with van der Waals surface area (Å²) in [4.78, 5) is 0. The Hall–Kier alpha value is -1.55. The molecule has 0 spiro atoms. The zero-order valence-electron chi connectivity index (χ0n) is 11.1. The van der Waals surface area contributed by atoms with Crippen LogP contribution in [-0.4, -0.2) is 15.8 Å². The van der Waals surface area contributed by atoms with Gasteiger partial charge in [-0.15, -0.1) is 0 Å². The lowest BCUT2D eigenvalue weighted by Gasteiger charge is -2.11. The summed E-state index contributed by atoms with van der Waals surface area (Å²) in [7, 11) is 0. The van der Waals surface area contributed by atoms with E-state index < -0.39 is 0 Å². The van der Waals surface area contributed by atoms with Crippen molar-refractivity contribution in [2.75, 3.05) is 0 Å². The Labute approximate surface area is 108 Å². The summed E-state index contributed by atoms with van der Waals surface area (Å²) in [5.41, 5.74) is 8.46. The third-order valence-corrected chi connectivity index (χ3v) is 3.10. The molecular weight excluding hydrogens is 226 g/mol. The van der Waals surface area contributed by atoms with Gasteiger partial charge in [-0.25, -0.2) is 0 Å². The van der Waals surface area contributed by atoms with Gasteiger partial charge in [0.2, 0.25) is 0 Å². The molecule has 0 fully saturated rings. The maximum atomic E-state index is 6.17. The van der Waals surface area contributed by atoms with E-state index in [1.807, 2.05) is 23.7 Å². The number of hydrogen-bond donors (Lipinski definition) is 1. The van der Waals surface area contributed by atoms with E-state index in [1.165, 1.54) is 5.69 Å². The fourth-order valence-electron chi connectivity index (χ4n) is 2.19. The highest BCUT2D eigenvalue weighted by Crippen LogP contribution is 2.10. The minimum absolute atomic E-state index is 0.150. The Morgan fingerprint density at radius 1 is 1.50 bits per heavy atom. The van der Waals surface area contributed by atoms with Gasteiger partial charge in [0.1, 0.15) is 5.76 Å². The van der Waals surface area contributed by atoms with Crippen molar-refractivity contribution in [1.82, 2.24) is 9.78 Å². The average Bonchev–Trinajstić information content (AvgIpc) is 2.96. The maximum absolute atomic E-state index is 6.17. The second kappa shape index (κ2) is 5.87. The zero-order chi connectivity index (χ0) is 13.0. The highest BCUT2D eigenvalue weighted by atomic mass is 16.3. The van der Waals surface area contributed by atoms with Gasteiger partial charge in [0, 0.05) is 31.1 Å². The van der Waals surface area contributed by atoms with Crippen LogP contribution in [0.1, 0.15) is 30.5 Å². The zero-order valence-corrected chi connectivity index (χ0v) is 11.1. The lowest BCUT2D eigenvalue weighted by atomic mass is 10.1. The van der Waals surface area contributed by atoms with E-state index in [9.17, 15) is 0 Å². The van der Waals surface area contributed by atoms with Crippen LogP contribution in [0.3, 0.4) is 0 Å².